The van der Waals surface area contributed by atoms with Crippen molar-refractivity contribution in [2.75, 3.05) is 29.0 Å². The van der Waals surface area contributed by atoms with Crippen LogP contribution >= 0.6 is 11.6 Å². The molecule has 1 aliphatic heterocycles. The van der Waals surface area contributed by atoms with Gasteiger partial charge in [-0.15, -0.1) is 0 Å². The highest BCUT2D eigenvalue weighted by atomic mass is 35.5. The fourth-order valence-corrected chi connectivity index (χ4v) is 4.12. The second-order valence-corrected chi connectivity index (χ2v) is 7.90. The van der Waals surface area contributed by atoms with Crippen molar-refractivity contribution in [1.29, 1.82) is 0 Å². The van der Waals surface area contributed by atoms with Crippen LogP contribution in [0.1, 0.15) is 37.4 Å². The van der Waals surface area contributed by atoms with Gasteiger partial charge in [0.15, 0.2) is 0 Å². The predicted octanol–water partition coefficient (Wildman–Crippen LogP) is 3.05. The number of carbonyl (C=O) groups is 1. The average Bonchev–Trinajstić information content (AvgIpc) is 3.11. The van der Waals surface area contributed by atoms with Crippen LogP contribution in [-0.2, 0) is 17.6 Å². The van der Waals surface area contributed by atoms with Crippen LogP contribution in [0.15, 0.2) is 18.2 Å². The number of aryl methyl sites for hydroxylation is 1. The Morgan fingerprint density at radius 2 is 2.11 bits per heavy atom. The first kappa shape index (κ1) is 18.8. The molecule has 0 bridgehead atoms. The van der Waals surface area contributed by atoms with Crippen molar-refractivity contribution in [2.24, 2.45) is 0 Å². The Bertz CT molecular complexity index is 903. The third-order valence-electron chi connectivity index (χ3n) is 5.31. The molecule has 4 N–H and O–H groups in total. The number of hydrogen-bond acceptors (Lipinski definition) is 6. The first-order chi connectivity index (χ1) is 13.5. The summed E-state index contributed by atoms with van der Waals surface area (Å²) in [5, 5.41) is 6.82. The lowest BCUT2D eigenvalue weighted by atomic mass is 9.96. The molecular formula is C20H25ClN6O. The topological polar surface area (TPSA) is 96.2 Å². The molecular weight excluding hydrogens is 376 g/mol. The zero-order valence-electron chi connectivity index (χ0n) is 16.0. The van der Waals surface area contributed by atoms with Crippen LogP contribution in [0.3, 0.4) is 0 Å². The molecule has 4 rings (SSSR count). The highest BCUT2D eigenvalue weighted by Crippen LogP contribution is 2.32. The number of halogens is 1. The number of hydrogen-bond donors (Lipinski definition) is 3. The maximum absolute atomic E-state index is 11.4. The minimum absolute atomic E-state index is 0.0132. The maximum atomic E-state index is 11.4. The van der Waals surface area contributed by atoms with Crippen molar-refractivity contribution in [3.63, 3.8) is 0 Å². The Balaban J connectivity index is 1.63. The third kappa shape index (κ3) is 3.99. The lowest BCUT2D eigenvalue weighted by Gasteiger charge is -2.25. The molecule has 0 spiro atoms. The number of fused-ring (bicyclic) bond motifs is 1. The van der Waals surface area contributed by atoms with Crippen LogP contribution < -0.4 is 21.3 Å². The fraction of sp³-hybridized carbons (Fsp3) is 0.450. The van der Waals surface area contributed by atoms with E-state index in [9.17, 15) is 4.79 Å². The number of aromatic nitrogens is 2. The van der Waals surface area contributed by atoms with Gasteiger partial charge in [0.2, 0.25) is 11.9 Å². The van der Waals surface area contributed by atoms with Gasteiger partial charge < -0.3 is 21.3 Å². The van der Waals surface area contributed by atoms with Gasteiger partial charge in [-0.05, 0) is 50.3 Å². The average molecular weight is 401 g/mol. The standard InChI is InChI=1S/C20H25ClN6O/c1-12(28)23-14-8-9-27(11-14)19-15-4-2-3-5-18(15)25-20(26-19)24-13-6-7-16(21)17(22)10-13/h6-7,10,14H,2-5,8-9,11,22H2,1H3,(H,23,28)(H,24,25,26)/t14-/m0/s1. The van der Waals surface area contributed by atoms with E-state index in [1.807, 2.05) is 6.07 Å². The summed E-state index contributed by atoms with van der Waals surface area (Å²) in [5.74, 6) is 1.57. The Hall–Kier alpha value is -2.54. The highest BCUT2D eigenvalue weighted by Gasteiger charge is 2.28. The van der Waals surface area contributed by atoms with Crippen molar-refractivity contribution in [1.82, 2.24) is 15.3 Å². The first-order valence-corrected chi connectivity index (χ1v) is 10.1. The molecule has 2 aromatic rings. The van der Waals surface area contributed by atoms with Crippen molar-refractivity contribution in [3.05, 3.63) is 34.5 Å². The van der Waals surface area contributed by atoms with Crippen LogP contribution in [0, 0.1) is 0 Å². The summed E-state index contributed by atoms with van der Waals surface area (Å²) in [5.41, 5.74) is 9.60. The Morgan fingerprint density at radius 3 is 2.89 bits per heavy atom. The van der Waals surface area contributed by atoms with Gasteiger partial charge in [0.25, 0.3) is 0 Å². The molecule has 0 radical (unpaired) electrons. The number of amides is 1. The minimum atomic E-state index is 0.0132. The molecule has 2 heterocycles. The van der Waals surface area contributed by atoms with Gasteiger partial charge >= 0.3 is 0 Å². The number of rotatable bonds is 4. The van der Waals surface area contributed by atoms with Gasteiger partial charge in [0.1, 0.15) is 5.82 Å². The lowest BCUT2D eigenvalue weighted by Crippen LogP contribution is -2.36. The SMILES string of the molecule is CC(=O)N[C@H]1CCN(c2nc(Nc3ccc(Cl)c(N)c3)nc3c2CCCC3)C1. The van der Waals surface area contributed by atoms with Gasteiger partial charge in [-0.25, -0.2) is 4.98 Å². The van der Waals surface area contributed by atoms with Crippen LogP contribution in [-0.4, -0.2) is 35.0 Å². The molecule has 1 saturated heterocycles. The molecule has 1 aromatic carbocycles. The summed E-state index contributed by atoms with van der Waals surface area (Å²) in [6.45, 7) is 3.22. The van der Waals surface area contributed by atoms with Crippen LogP contribution in [0.4, 0.5) is 23.1 Å². The number of nitrogens with two attached hydrogens (primary N) is 1. The third-order valence-corrected chi connectivity index (χ3v) is 5.65. The summed E-state index contributed by atoms with van der Waals surface area (Å²) in [6, 6.07) is 5.58. The van der Waals surface area contributed by atoms with Gasteiger partial charge in [-0.2, -0.15) is 4.98 Å². The molecule has 1 aliphatic carbocycles. The number of benzene rings is 1. The normalized spacial score (nSPS) is 18.6. The molecule has 7 nitrogen and oxygen atoms in total. The summed E-state index contributed by atoms with van der Waals surface area (Å²) in [4.78, 5) is 23.3. The molecule has 148 valence electrons. The number of nitrogens with one attached hydrogen (secondary N) is 2. The zero-order chi connectivity index (χ0) is 19.7. The predicted molar refractivity (Wildman–Crippen MR) is 112 cm³/mol. The van der Waals surface area contributed by atoms with Crippen molar-refractivity contribution in [3.8, 4) is 0 Å². The Morgan fingerprint density at radius 1 is 1.29 bits per heavy atom. The molecule has 0 unspecified atom stereocenters. The largest absolute Gasteiger partial charge is 0.397 e. The molecule has 8 heteroatoms. The van der Waals surface area contributed by atoms with E-state index in [4.69, 9.17) is 27.3 Å². The zero-order valence-corrected chi connectivity index (χ0v) is 16.7. The van der Waals surface area contributed by atoms with Crippen molar-refractivity contribution in [2.45, 2.75) is 45.1 Å². The highest BCUT2D eigenvalue weighted by molar-refractivity contribution is 6.33. The lowest BCUT2D eigenvalue weighted by molar-refractivity contribution is -0.119. The van der Waals surface area contributed by atoms with Gasteiger partial charge in [0, 0.05) is 37.3 Å². The van der Waals surface area contributed by atoms with Gasteiger partial charge in [-0.1, -0.05) is 11.6 Å². The Kier molecular flexibility index (Phi) is 5.26. The molecule has 1 aromatic heterocycles. The first-order valence-electron chi connectivity index (χ1n) is 9.73. The van der Waals surface area contributed by atoms with E-state index in [1.54, 1.807) is 19.1 Å². The van der Waals surface area contributed by atoms with Crippen LogP contribution in [0.5, 0.6) is 0 Å². The maximum Gasteiger partial charge on any atom is 0.229 e. The van der Waals surface area contributed by atoms with Crippen LogP contribution in [0.2, 0.25) is 5.02 Å². The van der Waals surface area contributed by atoms with Crippen molar-refractivity contribution < 1.29 is 4.79 Å². The smallest absolute Gasteiger partial charge is 0.229 e. The van der Waals surface area contributed by atoms with E-state index in [0.717, 1.165) is 62.4 Å². The molecule has 1 amide bonds. The molecule has 1 atom stereocenters. The quantitative estimate of drug-likeness (QED) is 0.682. The van der Waals surface area contributed by atoms with Crippen molar-refractivity contribution >= 4 is 40.6 Å². The van der Waals surface area contributed by atoms with E-state index in [0.29, 0.717) is 16.7 Å². The molecule has 28 heavy (non-hydrogen) atoms. The van der Waals surface area contributed by atoms with E-state index < -0.39 is 0 Å². The van der Waals surface area contributed by atoms with Gasteiger partial charge in [0.05, 0.1) is 16.4 Å². The number of nitrogens with zero attached hydrogens (tertiary/aromatic N) is 3. The second-order valence-electron chi connectivity index (χ2n) is 7.50. The summed E-state index contributed by atoms with van der Waals surface area (Å²) in [7, 11) is 0. The molecule has 1 fully saturated rings. The number of anilines is 4. The summed E-state index contributed by atoms with van der Waals surface area (Å²) in [6.07, 6.45) is 5.19. The van der Waals surface area contributed by atoms with E-state index in [1.165, 1.54) is 5.56 Å². The number of carbonyl (C=O) groups excluding carboxylic acids is 1. The Labute approximate surface area is 169 Å². The summed E-state index contributed by atoms with van der Waals surface area (Å²) >= 11 is 6.02. The minimum Gasteiger partial charge on any atom is -0.397 e. The fourth-order valence-electron chi connectivity index (χ4n) is 4.00. The second kappa shape index (κ2) is 7.83. The van der Waals surface area contributed by atoms with E-state index in [-0.39, 0.29) is 11.9 Å². The molecule has 2 aliphatic rings. The molecule has 0 saturated carbocycles. The monoisotopic (exact) mass is 400 g/mol. The van der Waals surface area contributed by atoms with Gasteiger partial charge in [-0.3, -0.25) is 4.79 Å². The van der Waals surface area contributed by atoms with E-state index >= 15 is 0 Å². The van der Waals surface area contributed by atoms with E-state index in [2.05, 4.69) is 15.5 Å². The summed E-state index contributed by atoms with van der Waals surface area (Å²) < 4.78 is 0. The number of nitrogen functional groups attached to an aromatic ring is 1. The van der Waals surface area contributed by atoms with Crippen LogP contribution in [0.25, 0.3) is 0 Å².